The van der Waals surface area contributed by atoms with Gasteiger partial charge >= 0.3 is 0 Å². The number of nitrogens with two attached hydrogens (primary N) is 1. The first kappa shape index (κ1) is 9.86. The van der Waals surface area contributed by atoms with Crippen LogP contribution in [0.5, 0.6) is 0 Å². The predicted octanol–water partition coefficient (Wildman–Crippen LogP) is 1.36. The van der Waals surface area contributed by atoms with Crippen LogP contribution in [0.3, 0.4) is 0 Å². The van der Waals surface area contributed by atoms with Gasteiger partial charge in [-0.1, -0.05) is 6.07 Å². The van der Waals surface area contributed by atoms with E-state index in [1.54, 1.807) is 6.20 Å². The van der Waals surface area contributed by atoms with Gasteiger partial charge in [-0.15, -0.1) is 0 Å². The van der Waals surface area contributed by atoms with E-state index in [4.69, 9.17) is 5.73 Å². The molecule has 0 fully saturated rings. The first-order chi connectivity index (χ1) is 7.40. The Labute approximate surface area is 88.6 Å². The summed E-state index contributed by atoms with van der Waals surface area (Å²) in [5.41, 5.74) is 7.32. The van der Waals surface area contributed by atoms with Gasteiger partial charge in [0.05, 0.1) is 17.6 Å². The smallest absolute Gasteiger partial charge is 0.106 e. The number of pyridine rings is 1. The molecule has 2 aromatic rings. The Kier molecular flexibility index (Phi) is 3.09. The maximum atomic E-state index is 5.44. The van der Waals surface area contributed by atoms with E-state index in [1.807, 2.05) is 24.4 Å². The summed E-state index contributed by atoms with van der Waals surface area (Å²) in [4.78, 5) is 11.8. The van der Waals surface area contributed by atoms with Gasteiger partial charge in [0.25, 0.3) is 0 Å². The van der Waals surface area contributed by atoms with Crippen LogP contribution in [-0.2, 0) is 6.42 Å². The second-order valence-corrected chi connectivity index (χ2v) is 3.35. The fourth-order valence-electron chi connectivity index (χ4n) is 1.41. The lowest BCUT2D eigenvalue weighted by atomic mass is 10.3. The van der Waals surface area contributed by atoms with Crippen LogP contribution in [0, 0.1) is 0 Å². The zero-order valence-corrected chi connectivity index (χ0v) is 8.48. The summed E-state index contributed by atoms with van der Waals surface area (Å²) in [6, 6.07) is 5.82. The Bertz CT molecular complexity index is 408. The lowest BCUT2D eigenvalue weighted by molar-refractivity contribution is 0.794. The normalized spacial score (nSPS) is 10.5. The topological polar surface area (TPSA) is 67.6 Å². The molecule has 0 spiro atoms. The molecule has 0 atom stereocenters. The number of hydrogen-bond acceptors (Lipinski definition) is 3. The SMILES string of the molecule is NCCCc1ncc(-c2ccccn2)[nH]1. The largest absolute Gasteiger partial charge is 0.341 e. The fourth-order valence-corrected chi connectivity index (χ4v) is 1.41. The Morgan fingerprint density at radius 3 is 2.93 bits per heavy atom. The molecule has 0 saturated carbocycles. The van der Waals surface area contributed by atoms with Crippen LogP contribution in [0.25, 0.3) is 11.4 Å². The molecule has 0 unspecified atom stereocenters. The van der Waals surface area contributed by atoms with Crippen molar-refractivity contribution in [2.24, 2.45) is 5.73 Å². The molecular formula is C11H14N4. The van der Waals surface area contributed by atoms with Crippen LogP contribution in [-0.4, -0.2) is 21.5 Å². The van der Waals surface area contributed by atoms with Crippen LogP contribution in [0.15, 0.2) is 30.6 Å². The van der Waals surface area contributed by atoms with Crippen molar-refractivity contribution in [1.82, 2.24) is 15.0 Å². The van der Waals surface area contributed by atoms with Gasteiger partial charge in [0, 0.05) is 12.6 Å². The maximum absolute atomic E-state index is 5.44. The van der Waals surface area contributed by atoms with Gasteiger partial charge in [-0.25, -0.2) is 4.98 Å². The highest BCUT2D eigenvalue weighted by molar-refractivity contribution is 5.52. The quantitative estimate of drug-likeness (QED) is 0.786. The number of aryl methyl sites for hydroxylation is 1. The molecule has 0 aliphatic carbocycles. The number of aromatic amines is 1. The molecule has 3 N–H and O–H groups in total. The van der Waals surface area contributed by atoms with Gasteiger partial charge in [0.1, 0.15) is 5.82 Å². The highest BCUT2D eigenvalue weighted by Gasteiger charge is 2.02. The van der Waals surface area contributed by atoms with E-state index in [-0.39, 0.29) is 0 Å². The number of hydrogen-bond donors (Lipinski definition) is 2. The van der Waals surface area contributed by atoms with Gasteiger partial charge in [-0.3, -0.25) is 4.98 Å². The van der Waals surface area contributed by atoms with Gasteiger partial charge in [-0.2, -0.15) is 0 Å². The van der Waals surface area contributed by atoms with E-state index in [2.05, 4.69) is 15.0 Å². The molecule has 0 aliphatic heterocycles. The molecule has 2 rings (SSSR count). The Balaban J connectivity index is 2.14. The monoisotopic (exact) mass is 202 g/mol. The predicted molar refractivity (Wildman–Crippen MR) is 59.2 cm³/mol. The number of H-pyrrole nitrogens is 1. The van der Waals surface area contributed by atoms with Crippen LogP contribution in [0.2, 0.25) is 0 Å². The maximum Gasteiger partial charge on any atom is 0.106 e. The summed E-state index contributed by atoms with van der Waals surface area (Å²) >= 11 is 0. The van der Waals surface area contributed by atoms with E-state index in [0.29, 0.717) is 6.54 Å². The number of nitrogens with one attached hydrogen (secondary N) is 1. The van der Waals surface area contributed by atoms with E-state index in [0.717, 1.165) is 30.1 Å². The average molecular weight is 202 g/mol. The molecule has 4 heteroatoms. The van der Waals surface area contributed by atoms with Crippen LogP contribution in [0.4, 0.5) is 0 Å². The Morgan fingerprint density at radius 1 is 1.27 bits per heavy atom. The second kappa shape index (κ2) is 4.70. The van der Waals surface area contributed by atoms with Crippen molar-refractivity contribution in [1.29, 1.82) is 0 Å². The lowest BCUT2D eigenvalue weighted by Gasteiger charge is -1.95. The molecule has 0 amide bonds. The van der Waals surface area contributed by atoms with Gasteiger partial charge in [0.15, 0.2) is 0 Å². The highest BCUT2D eigenvalue weighted by Crippen LogP contribution is 2.13. The molecule has 2 aromatic heterocycles. The van der Waals surface area contributed by atoms with E-state index in [1.165, 1.54) is 0 Å². The zero-order chi connectivity index (χ0) is 10.5. The third-order valence-electron chi connectivity index (χ3n) is 2.19. The van der Waals surface area contributed by atoms with Crippen molar-refractivity contribution in [3.63, 3.8) is 0 Å². The third kappa shape index (κ3) is 2.41. The summed E-state index contributed by atoms with van der Waals surface area (Å²) in [7, 11) is 0. The van der Waals surface area contributed by atoms with Crippen LogP contribution < -0.4 is 5.73 Å². The number of aromatic nitrogens is 3. The summed E-state index contributed by atoms with van der Waals surface area (Å²) in [5.74, 6) is 0.973. The fraction of sp³-hybridized carbons (Fsp3) is 0.273. The third-order valence-corrected chi connectivity index (χ3v) is 2.19. The van der Waals surface area contributed by atoms with Crippen molar-refractivity contribution in [3.05, 3.63) is 36.4 Å². The van der Waals surface area contributed by atoms with Crippen molar-refractivity contribution in [2.75, 3.05) is 6.54 Å². The van der Waals surface area contributed by atoms with Crippen molar-refractivity contribution in [2.45, 2.75) is 12.8 Å². The molecular weight excluding hydrogens is 188 g/mol. The molecule has 0 aromatic carbocycles. The minimum atomic E-state index is 0.694. The molecule has 0 radical (unpaired) electrons. The number of nitrogens with zero attached hydrogens (tertiary/aromatic N) is 2. The van der Waals surface area contributed by atoms with Crippen LogP contribution >= 0.6 is 0 Å². The van der Waals surface area contributed by atoms with Crippen molar-refractivity contribution in [3.8, 4) is 11.4 Å². The Hall–Kier alpha value is -1.68. The molecule has 78 valence electrons. The summed E-state index contributed by atoms with van der Waals surface area (Å²) < 4.78 is 0. The van der Waals surface area contributed by atoms with Gasteiger partial charge in [0.2, 0.25) is 0 Å². The molecule has 0 saturated heterocycles. The lowest BCUT2D eigenvalue weighted by Crippen LogP contribution is -2.01. The Morgan fingerprint density at radius 2 is 2.20 bits per heavy atom. The molecule has 4 nitrogen and oxygen atoms in total. The number of imidazole rings is 1. The van der Waals surface area contributed by atoms with Gasteiger partial charge < -0.3 is 10.7 Å². The second-order valence-electron chi connectivity index (χ2n) is 3.35. The van der Waals surface area contributed by atoms with Crippen molar-refractivity contribution < 1.29 is 0 Å². The van der Waals surface area contributed by atoms with E-state index >= 15 is 0 Å². The van der Waals surface area contributed by atoms with Crippen molar-refractivity contribution >= 4 is 0 Å². The number of rotatable bonds is 4. The standard InChI is InChI=1S/C11H14N4/c12-6-3-5-11-14-8-10(15-11)9-4-1-2-7-13-9/h1-2,4,7-8H,3,5-6,12H2,(H,14,15). The highest BCUT2D eigenvalue weighted by atomic mass is 14.9. The minimum absolute atomic E-state index is 0.694. The minimum Gasteiger partial charge on any atom is -0.341 e. The molecule has 0 aliphatic rings. The first-order valence-corrected chi connectivity index (χ1v) is 5.05. The molecule has 2 heterocycles. The summed E-state index contributed by atoms with van der Waals surface area (Å²) in [6.45, 7) is 0.694. The average Bonchev–Trinajstić information content (AvgIpc) is 2.76. The summed E-state index contributed by atoms with van der Waals surface area (Å²) in [5, 5.41) is 0. The van der Waals surface area contributed by atoms with E-state index in [9.17, 15) is 0 Å². The zero-order valence-electron chi connectivity index (χ0n) is 8.48. The van der Waals surface area contributed by atoms with E-state index < -0.39 is 0 Å². The molecule has 15 heavy (non-hydrogen) atoms. The van der Waals surface area contributed by atoms with Gasteiger partial charge in [-0.05, 0) is 25.1 Å². The first-order valence-electron chi connectivity index (χ1n) is 5.05. The molecule has 0 bridgehead atoms. The summed E-state index contributed by atoms with van der Waals surface area (Å²) in [6.07, 6.45) is 5.43. The van der Waals surface area contributed by atoms with Crippen LogP contribution in [0.1, 0.15) is 12.2 Å².